The number of nitrogens with zero attached hydrogens (tertiary/aromatic N) is 1. The summed E-state index contributed by atoms with van der Waals surface area (Å²) in [6.07, 6.45) is 3.64. The molecule has 0 atom stereocenters. The minimum Gasteiger partial charge on any atom is -0.461 e. The third-order valence-corrected chi connectivity index (χ3v) is 2.16. The van der Waals surface area contributed by atoms with E-state index in [9.17, 15) is 0 Å². The number of nitrogens with one attached hydrogen (secondary N) is 1. The predicted octanol–water partition coefficient (Wildman–Crippen LogP) is 1.74. The van der Waals surface area contributed by atoms with Crippen LogP contribution in [0.4, 0.5) is 11.4 Å². The number of hydrogen-bond acceptors (Lipinski definition) is 3. The van der Waals surface area contributed by atoms with Crippen molar-refractivity contribution in [2.45, 2.75) is 0 Å². The van der Waals surface area contributed by atoms with Crippen molar-refractivity contribution >= 4 is 11.4 Å². The first-order valence-corrected chi connectivity index (χ1v) is 3.92. The largest absolute Gasteiger partial charge is 0.461 e. The van der Waals surface area contributed by atoms with Crippen molar-refractivity contribution in [1.29, 1.82) is 0 Å². The molecule has 0 spiro atoms. The van der Waals surface area contributed by atoms with E-state index in [0.717, 1.165) is 23.8 Å². The molecule has 2 aliphatic rings. The number of hydrogen-bond donors (Lipinski definition) is 1. The van der Waals surface area contributed by atoms with E-state index in [1.165, 1.54) is 0 Å². The van der Waals surface area contributed by atoms with Crippen LogP contribution in [0.5, 0.6) is 5.75 Å². The second kappa shape index (κ2) is 1.94. The van der Waals surface area contributed by atoms with Crippen LogP contribution >= 0.6 is 0 Å². The summed E-state index contributed by atoms with van der Waals surface area (Å²) in [5.41, 5.74) is 2.30. The van der Waals surface area contributed by atoms with E-state index in [0.29, 0.717) is 0 Å². The third-order valence-electron chi connectivity index (χ3n) is 2.16. The molecule has 0 saturated carbocycles. The zero-order chi connectivity index (χ0) is 7.97. The summed E-state index contributed by atoms with van der Waals surface area (Å²) in [6, 6.07) is 6.02. The lowest BCUT2D eigenvalue weighted by Gasteiger charge is -2.19. The fourth-order valence-corrected chi connectivity index (χ4v) is 1.61. The molecule has 0 aromatic heterocycles. The summed E-state index contributed by atoms with van der Waals surface area (Å²) in [4.78, 5) is 2.13. The SMILES string of the molecule is C1=CN2CNc3cccc(c32)O1. The minimum absolute atomic E-state index is 0.839. The molecule has 0 saturated heterocycles. The fourth-order valence-electron chi connectivity index (χ4n) is 1.61. The fraction of sp³-hybridized carbons (Fsp3) is 0.111. The molecule has 12 heavy (non-hydrogen) atoms. The zero-order valence-corrected chi connectivity index (χ0v) is 6.45. The van der Waals surface area contributed by atoms with E-state index in [4.69, 9.17) is 4.74 Å². The Morgan fingerprint density at radius 2 is 2.42 bits per heavy atom. The number of ether oxygens (including phenoxy) is 1. The second-order valence-corrected chi connectivity index (χ2v) is 2.86. The number of benzene rings is 1. The van der Waals surface area contributed by atoms with E-state index in [-0.39, 0.29) is 0 Å². The third kappa shape index (κ3) is 0.605. The summed E-state index contributed by atoms with van der Waals surface area (Å²) in [6.45, 7) is 0.839. The average molecular weight is 160 g/mol. The zero-order valence-electron chi connectivity index (χ0n) is 6.45. The van der Waals surface area contributed by atoms with Crippen molar-refractivity contribution in [3.05, 3.63) is 30.7 Å². The van der Waals surface area contributed by atoms with E-state index < -0.39 is 0 Å². The number of rotatable bonds is 0. The van der Waals surface area contributed by atoms with Crippen molar-refractivity contribution in [1.82, 2.24) is 0 Å². The van der Waals surface area contributed by atoms with Crippen LogP contribution in [0.3, 0.4) is 0 Å². The van der Waals surface area contributed by atoms with Gasteiger partial charge in [0.1, 0.15) is 11.9 Å². The van der Waals surface area contributed by atoms with Gasteiger partial charge in [0.25, 0.3) is 0 Å². The molecule has 0 bridgehead atoms. The van der Waals surface area contributed by atoms with Gasteiger partial charge in [0.05, 0.1) is 12.4 Å². The Kier molecular flexibility index (Phi) is 0.961. The molecule has 1 N–H and O–H groups in total. The molecule has 0 fully saturated rings. The van der Waals surface area contributed by atoms with Crippen molar-refractivity contribution in [2.75, 3.05) is 16.9 Å². The van der Waals surface area contributed by atoms with Crippen molar-refractivity contribution in [3.8, 4) is 5.75 Å². The first-order valence-electron chi connectivity index (χ1n) is 3.92. The molecule has 3 rings (SSSR count). The topological polar surface area (TPSA) is 24.5 Å². The van der Waals surface area contributed by atoms with Crippen LogP contribution in [0.2, 0.25) is 0 Å². The summed E-state index contributed by atoms with van der Waals surface area (Å²) in [5.74, 6) is 0.931. The van der Waals surface area contributed by atoms with Gasteiger partial charge in [0.2, 0.25) is 0 Å². The standard InChI is InChI=1S/C9H8N2O/c1-2-7-9-8(3-1)12-5-4-11(9)6-10-7/h1-5,10H,6H2. The van der Waals surface area contributed by atoms with Gasteiger partial charge in [-0.2, -0.15) is 0 Å². The molecule has 0 unspecified atom stereocenters. The van der Waals surface area contributed by atoms with E-state index in [1.54, 1.807) is 6.26 Å². The first-order chi connectivity index (χ1) is 5.95. The van der Waals surface area contributed by atoms with Gasteiger partial charge < -0.3 is 15.0 Å². The van der Waals surface area contributed by atoms with Gasteiger partial charge in [0.15, 0.2) is 5.75 Å². The summed E-state index contributed by atoms with van der Waals surface area (Å²) in [5, 5.41) is 3.28. The Morgan fingerprint density at radius 3 is 3.42 bits per heavy atom. The maximum Gasteiger partial charge on any atom is 0.152 e. The van der Waals surface area contributed by atoms with Gasteiger partial charge in [0, 0.05) is 6.20 Å². The predicted molar refractivity (Wildman–Crippen MR) is 47.2 cm³/mol. The van der Waals surface area contributed by atoms with E-state index in [2.05, 4.69) is 16.3 Å². The number of para-hydroxylation sites is 1. The molecular formula is C9H8N2O. The van der Waals surface area contributed by atoms with Crippen LogP contribution in [0.15, 0.2) is 30.7 Å². The molecule has 3 nitrogen and oxygen atoms in total. The molecule has 0 amide bonds. The highest BCUT2D eigenvalue weighted by atomic mass is 16.5. The Bertz CT molecular complexity index is 360. The lowest BCUT2D eigenvalue weighted by Crippen LogP contribution is -2.17. The summed E-state index contributed by atoms with van der Waals surface area (Å²) in [7, 11) is 0. The van der Waals surface area contributed by atoms with Crippen molar-refractivity contribution in [3.63, 3.8) is 0 Å². The average Bonchev–Trinajstić information content (AvgIpc) is 2.52. The van der Waals surface area contributed by atoms with Crippen molar-refractivity contribution in [2.24, 2.45) is 0 Å². The van der Waals surface area contributed by atoms with Gasteiger partial charge in [-0.25, -0.2) is 0 Å². The minimum atomic E-state index is 0.839. The molecule has 2 aliphatic heterocycles. The Balaban J connectivity index is 2.28. The Labute approximate surface area is 70.2 Å². The summed E-state index contributed by atoms with van der Waals surface area (Å²) >= 11 is 0. The van der Waals surface area contributed by atoms with Gasteiger partial charge in [-0.1, -0.05) is 6.07 Å². The van der Waals surface area contributed by atoms with Crippen molar-refractivity contribution < 1.29 is 4.74 Å². The van der Waals surface area contributed by atoms with Crippen LogP contribution in [0.1, 0.15) is 0 Å². The van der Waals surface area contributed by atoms with Crippen LogP contribution in [-0.2, 0) is 0 Å². The maximum absolute atomic E-state index is 5.35. The molecule has 1 aromatic carbocycles. The van der Waals surface area contributed by atoms with Gasteiger partial charge >= 0.3 is 0 Å². The monoisotopic (exact) mass is 160 g/mol. The van der Waals surface area contributed by atoms with E-state index in [1.807, 2.05) is 18.3 Å². The van der Waals surface area contributed by atoms with Crippen LogP contribution in [0, 0.1) is 0 Å². The smallest absolute Gasteiger partial charge is 0.152 e. The molecule has 60 valence electrons. The van der Waals surface area contributed by atoms with Crippen LogP contribution < -0.4 is 15.0 Å². The molecule has 3 heteroatoms. The lowest BCUT2D eigenvalue weighted by molar-refractivity contribution is 0.472. The van der Waals surface area contributed by atoms with Gasteiger partial charge in [-0.05, 0) is 12.1 Å². The van der Waals surface area contributed by atoms with Crippen LogP contribution in [0.25, 0.3) is 0 Å². The molecular weight excluding hydrogens is 152 g/mol. The van der Waals surface area contributed by atoms with Gasteiger partial charge in [-0.15, -0.1) is 0 Å². The van der Waals surface area contributed by atoms with Gasteiger partial charge in [-0.3, -0.25) is 0 Å². The second-order valence-electron chi connectivity index (χ2n) is 2.86. The highest BCUT2D eigenvalue weighted by Crippen LogP contribution is 2.41. The molecule has 0 radical (unpaired) electrons. The highest BCUT2D eigenvalue weighted by Gasteiger charge is 2.22. The highest BCUT2D eigenvalue weighted by molar-refractivity contribution is 5.82. The molecule has 0 aliphatic carbocycles. The quantitative estimate of drug-likeness (QED) is 0.625. The van der Waals surface area contributed by atoms with Crippen LogP contribution in [-0.4, -0.2) is 6.67 Å². The maximum atomic E-state index is 5.35. The Hall–Kier alpha value is -1.64. The number of anilines is 2. The van der Waals surface area contributed by atoms with E-state index >= 15 is 0 Å². The normalized spacial score (nSPS) is 16.8. The Morgan fingerprint density at radius 1 is 1.42 bits per heavy atom. The summed E-state index contributed by atoms with van der Waals surface area (Å²) < 4.78 is 5.35. The first kappa shape index (κ1) is 5.94. The molecule has 1 aromatic rings. The lowest BCUT2D eigenvalue weighted by atomic mass is 10.2. The molecule has 2 heterocycles.